The Morgan fingerprint density at radius 3 is 2.83 bits per heavy atom. The van der Waals surface area contributed by atoms with Gasteiger partial charge in [0.15, 0.2) is 0 Å². The number of carbonyl (C=O) groups is 2. The van der Waals surface area contributed by atoms with Gasteiger partial charge >= 0.3 is 0 Å². The van der Waals surface area contributed by atoms with Gasteiger partial charge in [0.05, 0.1) is 0 Å². The van der Waals surface area contributed by atoms with Gasteiger partial charge in [-0.25, -0.2) is 0 Å². The van der Waals surface area contributed by atoms with E-state index in [1.54, 1.807) is 0 Å². The number of piperidine rings is 3. The monoisotopic (exact) mass is 329 g/mol. The molecule has 4 heterocycles. The summed E-state index contributed by atoms with van der Waals surface area (Å²) in [5.74, 6) is 1.62. The van der Waals surface area contributed by atoms with Gasteiger partial charge in [0, 0.05) is 57.5 Å². The highest BCUT2D eigenvalue weighted by molar-refractivity contribution is 5.78. The molecule has 1 aromatic rings. The molecule has 0 aliphatic carbocycles. The molecule has 5 heteroatoms. The zero-order chi connectivity index (χ0) is 16.5. The van der Waals surface area contributed by atoms with Gasteiger partial charge in [-0.1, -0.05) is 0 Å². The number of nitrogens with zero attached hydrogens (tertiary/aromatic N) is 3. The molecular weight excluding hydrogens is 302 g/mol. The number of rotatable bonds is 4. The highest BCUT2D eigenvalue weighted by atomic mass is 16.2. The van der Waals surface area contributed by atoms with Crippen molar-refractivity contribution >= 4 is 11.8 Å². The van der Waals surface area contributed by atoms with Crippen LogP contribution in [0.2, 0.25) is 0 Å². The first kappa shape index (κ1) is 15.7. The lowest BCUT2D eigenvalue weighted by atomic mass is 9.76. The van der Waals surface area contributed by atoms with Crippen LogP contribution < -0.4 is 0 Å². The predicted octanol–water partition coefficient (Wildman–Crippen LogP) is 2.13. The SMILES string of the molecule is O=C(CCCn1cccc1)N1C[C@H]2C[C@@H](C1)C1CCCC(=O)N1C2. The van der Waals surface area contributed by atoms with Gasteiger partial charge < -0.3 is 14.4 Å². The molecule has 2 bridgehead atoms. The van der Waals surface area contributed by atoms with Crippen molar-refractivity contribution in [1.29, 1.82) is 0 Å². The number of amides is 2. The molecule has 1 aromatic heterocycles. The number of fused-ring (bicyclic) bond motifs is 4. The third kappa shape index (κ3) is 3.08. The fourth-order valence-corrected chi connectivity index (χ4v) is 4.90. The standard InChI is InChI=1S/C19H27N3O2/c23-18(7-4-10-20-8-1-2-9-20)21-12-15-11-16(14-21)17-5-3-6-19(24)22(17)13-15/h1-2,8-9,15-17H,3-7,10-14H2/t15-,16+,17?/m1/s1. The molecule has 5 nitrogen and oxygen atoms in total. The lowest BCUT2D eigenvalue weighted by Crippen LogP contribution is -2.61. The van der Waals surface area contributed by atoms with Crippen LogP contribution in [0.5, 0.6) is 0 Å². The van der Waals surface area contributed by atoms with Crippen molar-refractivity contribution < 1.29 is 9.59 Å². The van der Waals surface area contributed by atoms with E-state index < -0.39 is 0 Å². The summed E-state index contributed by atoms with van der Waals surface area (Å²) in [6.07, 6.45) is 9.68. The molecule has 0 N–H and O–H groups in total. The van der Waals surface area contributed by atoms with E-state index in [0.717, 1.165) is 51.9 Å². The Labute approximate surface area is 143 Å². The number of aromatic nitrogens is 1. The van der Waals surface area contributed by atoms with Crippen LogP contribution in [0, 0.1) is 11.8 Å². The fraction of sp³-hybridized carbons (Fsp3) is 0.684. The molecule has 2 amide bonds. The lowest BCUT2D eigenvalue weighted by Gasteiger charge is -2.52. The summed E-state index contributed by atoms with van der Waals surface area (Å²) in [5, 5.41) is 0. The molecule has 3 atom stereocenters. The Morgan fingerprint density at radius 2 is 2.00 bits per heavy atom. The highest BCUT2D eigenvalue weighted by Crippen LogP contribution is 2.38. The maximum absolute atomic E-state index is 12.6. The van der Waals surface area contributed by atoms with E-state index in [2.05, 4.69) is 14.4 Å². The van der Waals surface area contributed by atoms with Crippen LogP contribution in [0.4, 0.5) is 0 Å². The molecule has 0 saturated carbocycles. The van der Waals surface area contributed by atoms with Crippen molar-refractivity contribution in [2.75, 3.05) is 19.6 Å². The van der Waals surface area contributed by atoms with Crippen LogP contribution in [-0.2, 0) is 16.1 Å². The van der Waals surface area contributed by atoms with E-state index in [4.69, 9.17) is 0 Å². The topological polar surface area (TPSA) is 45.6 Å². The Kier molecular flexibility index (Phi) is 4.33. The van der Waals surface area contributed by atoms with Crippen molar-refractivity contribution in [3.63, 3.8) is 0 Å². The zero-order valence-corrected chi connectivity index (χ0v) is 14.3. The molecule has 3 aliphatic heterocycles. The molecule has 24 heavy (non-hydrogen) atoms. The average Bonchev–Trinajstić information content (AvgIpc) is 3.09. The van der Waals surface area contributed by atoms with E-state index in [0.29, 0.717) is 36.1 Å². The molecule has 130 valence electrons. The fourth-order valence-electron chi connectivity index (χ4n) is 4.90. The normalized spacial score (nSPS) is 29.5. The van der Waals surface area contributed by atoms with Gasteiger partial charge in [-0.05, 0) is 49.7 Å². The minimum absolute atomic E-state index is 0.299. The quantitative estimate of drug-likeness (QED) is 0.849. The van der Waals surface area contributed by atoms with Crippen molar-refractivity contribution in [2.45, 2.75) is 51.1 Å². The molecule has 4 rings (SSSR count). The minimum Gasteiger partial charge on any atom is -0.354 e. The molecule has 1 unspecified atom stereocenters. The van der Waals surface area contributed by atoms with Crippen molar-refractivity contribution in [3.8, 4) is 0 Å². The summed E-state index contributed by atoms with van der Waals surface area (Å²) in [5.41, 5.74) is 0. The predicted molar refractivity (Wildman–Crippen MR) is 91.2 cm³/mol. The molecule has 3 aliphatic rings. The van der Waals surface area contributed by atoms with Gasteiger partial charge in [0.1, 0.15) is 0 Å². The smallest absolute Gasteiger partial charge is 0.222 e. The second-order valence-corrected chi connectivity index (χ2v) is 7.69. The molecule has 3 fully saturated rings. The van der Waals surface area contributed by atoms with Crippen LogP contribution in [0.15, 0.2) is 24.5 Å². The first-order valence-corrected chi connectivity index (χ1v) is 9.38. The molecule has 0 radical (unpaired) electrons. The van der Waals surface area contributed by atoms with Gasteiger partial charge in [0.2, 0.25) is 11.8 Å². The maximum Gasteiger partial charge on any atom is 0.222 e. The van der Waals surface area contributed by atoms with Gasteiger partial charge in [-0.2, -0.15) is 0 Å². The van der Waals surface area contributed by atoms with Crippen molar-refractivity contribution in [3.05, 3.63) is 24.5 Å². The number of hydrogen-bond acceptors (Lipinski definition) is 2. The maximum atomic E-state index is 12.6. The Bertz CT molecular complexity index is 598. The number of carbonyl (C=O) groups excluding carboxylic acids is 2. The number of likely N-dealkylation sites (tertiary alicyclic amines) is 1. The van der Waals surface area contributed by atoms with Crippen LogP contribution in [0.25, 0.3) is 0 Å². The van der Waals surface area contributed by atoms with Crippen LogP contribution in [0.3, 0.4) is 0 Å². The summed E-state index contributed by atoms with van der Waals surface area (Å²) < 4.78 is 2.13. The highest BCUT2D eigenvalue weighted by Gasteiger charge is 2.44. The first-order chi connectivity index (χ1) is 11.7. The second kappa shape index (κ2) is 6.61. The van der Waals surface area contributed by atoms with Crippen molar-refractivity contribution in [2.24, 2.45) is 11.8 Å². The van der Waals surface area contributed by atoms with Crippen LogP contribution >= 0.6 is 0 Å². The van der Waals surface area contributed by atoms with E-state index in [1.165, 1.54) is 6.42 Å². The molecule has 0 spiro atoms. The zero-order valence-electron chi connectivity index (χ0n) is 14.3. The largest absolute Gasteiger partial charge is 0.354 e. The third-order valence-electron chi connectivity index (χ3n) is 6.01. The minimum atomic E-state index is 0.299. The van der Waals surface area contributed by atoms with Gasteiger partial charge in [-0.15, -0.1) is 0 Å². The molecule has 0 aromatic carbocycles. The number of aryl methyl sites for hydroxylation is 1. The Morgan fingerprint density at radius 1 is 1.17 bits per heavy atom. The van der Waals surface area contributed by atoms with E-state index >= 15 is 0 Å². The summed E-state index contributed by atoms with van der Waals surface area (Å²) in [4.78, 5) is 29.0. The lowest BCUT2D eigenvalue weighted by molar-refractivity contribution is -0.148. The summed E-state index contributed by atoms with van der Waals surface area (Å²) in [6.45, 7) is 3.47. The summed E-state index contributed by atoms with van der Waals surface area (Å²) in [7, 11) is 0. The number of hydrogen-bond donors (Lipinski definition) is 0. The molecular formula is C19H27N3O2. The molecule has 3 saturated heterocycles. The average molecular weight is 329 g/mol. The second-order valence-electron chi connectivity index (χ2n) is 7.69. The first-order valence-electron chi connectivity index (χ1n) is 9.38. The summed E-state index contributed by atoms with van der Waals surface area (Å²) >= 11 is 0. The van der Waals surface area contributed by atoms with Gasteiger partial charge in [0.25, 0.3) is 0 Å². The third-order valence-corrected chi connectivity index (χ3v) is 6.01. The van der Waals surface area contributed by atoms with Gasteiger partial charge in [-0.3, -0.25) is 9.59 Å². The Hall–Kier alpha value is -1.78. The van der Waals surface area contributed by atoms with E-state index in [9.17, 15) is 9.59 Å². The Balaban J connectivity index is 1.33. The van der Waals surface area contributed by atoms with E-state index in [-0.39, 0.29) is 0 Å². The van der Waals surface area contributed by atoms with Crippen LogP contribution in [-0.4, -0.2) is 51.9 Å². The van der Waals surface area contributed by atoms with E-state index in [1.807, 2.05) is 24.5 Å². The summed E-state index contributed by atoms with van der Waals surface area (Å²) in [6, 6.07) is 4.42. The van der Waals surface area contributed by atoms with Crippen LogP contribution in [0.1, 0.15) is 38.5 Å². The van der Waals surface area contributed by atoms with Crippen molar-refractivity contribution in [1.82, 2.24) is 14.4 Å².